The van der Waals surface area contributed by atoms with Gasteiger partial charge in [-0.15, -0.1) is 0 Å². The van der Waals surface area contributed by atoms with Gasteiger partial charge in [0, 0.05) is 22.7 Å². The van der Waals surface area contributed by atoms with Crippen molar-refractivity contribution in [2.24, 2.45) is 5.73 Å². The predicted octanol–water partition coefficient (Wildman–Crippen LogP) is 4.67. The molecule has 8 nitrogen and oxygen atoms in total. The maximum absolute atomic E-state index is 13.9. The summed E-state index contributed by atoms with van der Waals surface area (Å²) < 4.78 is 32.9. The molecule has 0 bridgehead atoms. The van der Waals surface area contributed by atoms with Crippen LogP contribution in [0.25, 0.3) is 0 Å². The average Bonchev–Trinajstić information content (AvgIpc) is 2.71. The Morgan fingerprint density at radius 3 is 2.32 bits per heavy atom. The molecule has 0 saturated heterocycles. The van der Waals surface area contributed by atoms with E-state index in [9.17, 15) is 28.5 Å². The minimum absolute atomic E-state index is 0.0565. The molecule has 31 heavy (non-hydrogen) atoms. The molecule has 11 heteroatoms. The van der Waals surface area contributed by atoms with E-state index in [1.165, 1.54) is 36.4 Å². The SMILES string of the molecule is NC(=O)c1cc(NC(=O)c2ccc(Oc3ccc(Cl)cc3[N+](=O)[O-])cc2)c(F)cc1F. The van der Waals surface area contributed by atoms with Gasteiger partial charge in [0.25, 0.3) is 11.8 Å². The zero-order valence-electron chi connectivity index (χ0n) is 15.4. The third-order valence-electron chi connectivity index (χ3n) is 4.03. The number of halogens is 3. The van der Waals surface area contributed by atoms with Crippen molar-refractivity contribution in [3.63, 3.8) is 0 Å². The lowest BCUT2D eigenvalue weighted by Gasteiger charge is -2.10. The number of nitrogens with two attached hydrogens (primary N) is 1. The van der Waals surface area contributed by atoms with Crippen molar-refractivity contribution in [3.8, 4) is 11.5 Å². The van der Waals surface area contributed by atoms with Crippen molar-refractivity contribution in [2.75, 3.05) is 5.32 Å². The molecule has 3 rings (SSSR count). The number of anilines is 1. The zero-order valence-corrected chi connectivity index (χ0v) is 16.2. The summed E-state index contributed by atoms with van der Waals surface area (Å²) >= 11 is 5.76. The number of hydrogen-bond acceptors (Lipinski definition) is 5. The van der Waals surface area contributed by atoms with Crippen LogP contribution in [0.2, 0.25) is 5.02 Å². The molecule has 0 fully saturated rings. The van der Waals surface area contributed by atoms with Crippen molar-refractivity contribution in [2.45, 2.75) is 0 Å². The number of carbonyl (C=O) groups excluding carboxylic acids is 2. The van der Waals surface area contributed by atoms with Crippen LogP contribution in [-0.2, 0) is 0 Å². The average molecular weight is 448 g/mol. The number of amides is 2. The molecule has 0 saturated carbocycles. The number of nitrogens with one attached hydrogen (secondary N) is 1. The summed E-state index contributed by atoms with van der Waals surface area (Å²) in [7, 11) is 0. The molecule has 0 heterocycles. The van der Waals surface area contributed by atoms with E-state index in [1.54, 1.807) is 0 Å². The summed E-state index contributed by atoms with van der Waals surface area (Å²) in [4.78, 5) is 34.0. The molecular formula is C20H12ClF2N3O5. The van der Waals surface area contributed by atoms with E-state index in [1.807, 2.05) is 0 Å². The Morgan fingerprint density at radius 2 is 1.71 bits per heavy atom. The topological polar surface area (TPSA) is 125 Å². The van der Waals surface area contributed by atoms with Crippen LogP contribution in [0, 0.1) is 21.7 Å². The van der Waals surface area contributed by atoms with Crippen LogP contribution >= 0.6 is 11.6 Å². The molecule has 3 aromatic rings. The van der Waals surface area contributed by atoms with E-state index in [-0.39, 0.29) is 27.8 Å². The lowest BCUT2D eigenvalue weighted by molar-refractivity contribution is -0.385. The van der Waals surface area contributed by atoms with E-state index < -0.39 is 39.6 Å². The molecule has 0 unspecified atom stereocenters. The normalized spacial score (nSPS) is 10.4. The highest BCUT2D eigenvalue weighted by atomic mass is 35.5. The fourth-order valence-corrected chi connectivity index (χ4v) is 2.72. The van der Waals surface area contributed by atoms with Crippen LogP contribution in [0.4, 0.5) is 20.2 Å². The van der Waals surface area contributed by atoms with Gasteiger partial charge >= 0.3 is 5.69 Å². The quantitative estimate of drug-likeness (QED) is 0.419. The smallest absolute Gasteiger partial charge is 0.313 e. The van der Waals surface area contributed by atoms with Gasteiger partial charge < -0.3 is 15.8 Å². The molecule has 158 valence electrons. The summed E-state index contributed by atoms with van der Waals surface area (Å²) in [6, 6.07) is 10.5. The Labute approximate surface area is 178 Å². The number of nitro groups is 1. The number of nitrogens with zero attached hydrogens (tertiary/aromatic N) is 1. The Balaban J connectivity index is 1.78. The van der Waals surface area contributed by atoms with Crippen LogP contribution in [0.5, 0.6) is 11.5 Å². The van der Waals surface area contributed by atoms with E-state index in [2.05, 4.69) is 5.32 Å². The van der Waals surface area contributed by atoms with Crippen LogP contribution in [0.15, 0.2) is 54.6 Å². The van der Waals surface area contributed by atoms with Crippen molar-refractivity contribution in [1.29, 1.82) is 0 Å². The molecule has 2 amide bonds. The third-order valence-corrected chi connectivity index (χ3v) is 4.27. The number of primary amides is 1. The molecule has 0 spiro atoms. The van der Waals surface area contributed by atoms with Gasteiger partial charge in [-0.2, -0.15) is 0 Å². The first kappa shape index (κ1) is 21.7. The van der Waals surface area contributed by atoms with Gasteiger partial charge in [0.05, 0.1) is 16.2 Å². The number of ether oxygens (including phenoxy) is 1. The van der Waals surface area contributed by atoms with Gasteiger partial charge in [0.15, 0.2) is 0 Å². The maximum Gasteiger partial charge on any atom is 0.313 e. The highest BCUT2D eigenvalue weighted by Gasteiger charge is 2.18. The number of carbonyl (C=O) groups is 2. The van der Waals surface area contributed by atoms with Gasteiger partial charge in [0.2, 0.25) is 5.75 Å². The first-order valence-corrected chi connectivity index (χ1v) is 8.85. The van der Waals surface area contributed by atoms with Gasteiger partial charge in [-0.25, -0.2) is 8.78 Å². The standard InChI is InChI=1S/C20H12ClF2N3O5/c21-11-3-6-18(17(7-11)26(29)30)31-12-4-1-10(2-5-12)20(28)25-16-8-13(19(24)27)14(22)9-15(16)23/h1-9H,(H2,24,27)(H,25,28). The molecule has 0 aliphatic carbocycles. The molecule has 0 aliphatic rings. The summed E-state index contributed by atoms with van der Waals surface area (Å²) in [5, 5.41) is 13.5. The van der Waals surface area contributed by atoms with Crippen molar-refractivity contribution >= 4 is 34.8 Å². The highest BCUT2D eigenvalue weighted by Crippen LogP contribution is 2.33. The largest absolute Gasteiger partial charge is 0.450 e. The van der Waals surface area contributed by atoms with Gasteiger partial charge in [-0.1, -0.05) is 11.6 Å². The van der Waals surface area contributed by atoms with Crippen molar-refractivity contribution in [3.05, 3.63) is 92.5 Å². The van der Waals surface area contributed by atoms with Gasteiger partial charge in [-0.05, 0) is 42.5 Å². The molecule has 3 aromatic carbocycles. The maximum atomic E-state index is 13.9. The summed E-state index contributed by atoms with van der Waals surface area (Å²) in [5.41, 5.74) is 3.73. The second-order valence-corrected chi connectivity index (χ2v) is 6.56. The lowest BCUT2D eigenvalue weighted by atomic mass is 10.1. The van der Waals surface area contributed by atoms with E-state index in [0.717, 1.165) is 12.1 Å². The van der Waals surface area contributed by atoms with E-state index in [4.69, 9.17) is 22.1 Å². The minimum atomic E-state index is -1.15. The van der Waals surface area contributed by atoms with Crippen LogP contribution in [0.1, 0.15) is 20.7 Å². The Bertz CT molecular complexity index is 1200. The van der Waals surface area contributed by atoms with Crippen LogP contribution in [0.3, 0.4) is 0 Å². The van der Waals surface area contributed by atoms with E-state index >= 15 is 0 Å². The Hall–Kier alpha value is -4.05. The molecule has 0 aliphatic heterocycles. The fraction of sp³-hybridized carbons (Fsp3) is 0. The minimum Gasteiger partial charge on any atom is -0.450 e. The summed E-state index contributed by atoms with van der Waals surface area (Å²) in [6.07, 6.45) is 0. The first-order valence-electron chi connectivity index (χ1n) is 8.47. The second kappa shape index (κ2) is 8.76. The molecule has 0 atom stereocenters. The summed E-state index contributed by atoms with van der Waals surface area (Å²) in [6.45, 7) is 0. The van der Waals surface area contributed by atoms with Crippen LogP contribution in [-0.4, -0.2) is 16.7 Å². The summed E-state index contributed by atoms with van der Waals surface area (Å²) in [5.74, 6) is -3.99. The predicted molar refractivity (Wildman–Crippen MR) is 107 cm³/mol. The van der Waals surface area contributed by atoms with Crippen LogP contribution < -0.4 is 15.8 Å². The Kier molecular flexibility index (Phi) is 6.12. The van der Waals surface area contributed by atoms with Crippen molar-refractivity contribution < 1.29 is 28.0 Å². The molecule has 0 radical (unpaired) electrons. The molecular weight excluding hydrogens is 436 g/mol. The van der Waals surface area contributed by atoms with E-state index in [0.29, 0.717) is 6.07 Å². The Morgan fingerprint density at radius 1 is 1.03 bits per heavy atom. The number of hydrogen-bond donors (Lipinski definition) is 2. The second-order valence-electron chi connectivity index (χ2n) is 6.13. The van der Waals surface area contributed by atoms with Gasteiger partial charge in [0.1, 0.15) is 17.4 Å². The highest BCUT2D eigenvalue weighted by molar-refractivity contribution is 6.30. The monoisotopic (exact) mass is 447 g/mol. The number of benzene rings is 3. The number of nitro benzene ring substituents is 1. The third kappa shape index (κ3) is 4.93. The molecule has 3 N–H and O–H groups in total. The van der Waals surface area contributed by atoms with Gasteiger partial charge in [-0.3, -0.25) is 19.7 Å². The fourth-order valence-electron chi connectivity index (χ4n) is 2.55. The zero-order chi connectivity index (χ0) is 22.7. The lowest BCUT2D eigenvalue weighted by Crippen LogP contribution is -2.17. The number of rotatable bonds is 6. The first-order chi connectivity index (χ1) is 14.7. The molecule has 0 aromatic heterocycles. The van der Waals surface area contributed by atoms with Crippen molar-refractivity contribution in [1.82, 2.24) is 0 Å².